The SMILES string of the molecule is CC(c1nccs1)N1CCN(C(=O)C2(C)CCC(=O)NC2)CC1. The highest BCUT2D eigenvalue weighted by Crippen LogP contribution is 2.30. The van der Waals surface area contributed by atoms with E-state index in [9.17, 15) is 9.59 Å². The van der Waals surface area contributed by atoms with Gasteiger partial charge in [0, 0.05) is 50.7 Å². The molecular weight excluding hydrogens is 312 g/mol. The number of rotatable bonds is 3. The Kier molecular flexibility index (Phi) is 4.68. The monoisotopic (exact) mass is 336 g/mol. The van der Waals surface area contributed by atoms with Gasteiger partial charge < -0.3 is 10.2 Å². The van der Waals surface area contributed by atoms with Crippen molar-refractivity contribution in [3.05, 3.63) is 16.6 Å². The summed E-state index contributed by atoms with van der Waals surface area (Å²) >= 11 is 1.68. The number of carbonyl (C=O) groups is 2. The smallest absolute Gasteiger partial charge is 0.230 e. The largest absolute Gasteiger partial charge is 0.355 e. The molecule has 0 bridgehead atoms. The molecule has 6 nitrogen and oxygen atoms in total. The fourth-order valence-electron chi connectivity index (χ4n) is 3.33. The van der Waals surface area contributed by atoms with E-state index in [0.717, 1.165) is 31.2 Å². The highest BCUT2D eigenvalue weighted by atomic mass is 32.1. The number of nitrogens with one attached hydrogen (secondary N) is 1. The maximum absolute atomic E-state index is 12.8. The highest BCUT2D eigenvalue weighted by Gasteiger charge is 2.40. The lowest BCUT2D eigenvalue weighted by Gasteiger charge is -2.42. The van der Waals surface area contributed by atoms with Crippen LogP contribution in [0.5, 0.6) is 0 Å². The number of thiazole rings is 1. The molecule has 2 atom stereocenters. The second-order valence-corrected chi connectivity index (χ2v) is 7.64. The van der Waals surface area contributed by atoms with E-state index in [1.165, 1.54) is 0 Å². The molecule has 23 heavy (non-hydrogen) atoms. The lowest BCUT2D eigenvalue weighted by molar-refractivity contribution is -0.146. The minimum absolute atomic E-state index is 0.0531. The molecule has 2 unspecified atom stereocenters. The molecular formula is C16H24N4O2S. The summed E-state index contributed by atoms with van der Waals surface area (Å²) in [5, 5.41) is 5.97. The van der Waals surface area contributed by atoms with Gasteiger partial charge in [-0.15, -0.1) is 11.3 Å². The molecule has 0 spiro atoms. The molecule has 3 heterocycles. The number of carbonyl (C=O) groups excluding carboxylic acids is 2. The summed E-state index contributed by atoms with van der Waals surface area (Å²) in [7, 11) is 0. The quantitative estimate of drug-likeness (QED) is 0.903. The summed E-state index contributed by atoms with van der Waals surface area (Å²) in [5.74, 6) is 0.233. The van der Waals surface area contributed by atoms with E-state index in [1.807, 2.05) is 23.4 Å². The first-order valence-electron chi connectivity index (χ1n) is 8.19. The third-order valence-electron chi connectivity index (χ3n) is 5.05. The number of piperazine rings is 1. The second-order valence-electron chi connectivity index (χ2n) is 6.71. The number of aromatic nitrogens is 1. The zero-order chi connectivity index (χ0) is 16.4. The van der Waals surface area contributed by atoms with Gasteiger partial charge in [-0.05, 0) is 20.3 Å². The fourth-order valence-corrected chi connectivity index (χ4v) is 4.06. The van der Waals surface area contributed by atoms with Crippen molar-refractivity contribution in [2.24, 2.45) is 5.41 Å². The molecule has 0 saturated carbocycles. The first-order chi connectivity index (χ1) is 11.0. The summed E-state index contributed by atoms with van der Waals surface area (Å²) in [6.07, 6.45) is 2.94. The van der Waals surface area contributed by atoms with Crippen LogP contribution in [0.4, 0.5) is 0 Å². The van der Waals surface area contributed by atoms with Crippen molar-refractivity contribution in [2.75, 3.05) is 32.7 Å². The van der Waals surface area contributed by atoms with Crippen molar-refractivity contribution < 1.29 is 9.59 Å². The third kappa shape index (κ3) is 3.40. The van der Waals surface area contributed by atoms with Gasteiger partial charge in [-0.1, -0.05) is 0 Å². The average molecular weight is 336 g/mol. The van der Waals surface area contributed by atoms with Gasteiger partial charge in [0.2, 0.25) is 11.8 Å². The summed E-state index contributed by atoms with van der Waals surface area (Å²) in [4.78, 5) is 32.9. The summed E-state index contributed by atoms with van der Waals surface area (Å²) < 4.78 is 0. The van der Waals surface area contributed by atoms with Gasteiger partial charge in [-0.3, -0.25) is 14.5 Å². The van der Waals surface area contributed by atoms with Crippen LogP contribution in [-0.2, 0) is 9.59 Å². The minimum atomic E-state index is -0.447. The molecule has 126 valence electrons. The molecule has 2 fully saturated rings. The fraction of sp³-hybridized carbons (Fsp3) is 0.688. The van der Waals surface area contributed by atoms with Crippen LogP contribution in [0.2, 0.25) is 0 Å². The van der Waals surface area contributed by atoms with Crippen molar-refractivity contribution in [1.29, 1.82) is 0 Å². The van der Waals surface area contributed by atoms with Crippen molar-refractivity contribution >= 4 is 23.2 Å². The first-order valence-corrected chi connectivity index (χ1v) is 9.07. The average Bonchev–Trinajstić information content (AvgIpc) is 3.11. The molecule has 2 saturated heterocycles. The molecule has 1 N–H and O–H groups in total. The molecule has 7 heteroatoms. The van der Waals surface area contributed by atoms with Crippen LogP contribution in [0.25, 0.3) is 0 Å². The Morgan fingerprint density at radius 1 is 1.39 bits per heavy atom. The molecule has 0 radical (unpaired) electrons. The maximum atomic E-state index is 12.8. The molecule has 2 aliphatic rings. The summed E-state index contributed by atoms with van der Waals surface area (Å²) in [5.41, 5.74) is -0.447. The standard InChI is InChI=1S/C16H24N4O2S/c1-12(14-17-5-10-23-14)19-6-8-20(9-7-19)15(22)16(2)4-3-13(21)18-11-16/h5,10,12H,3-4,6-9,11H2,1-2H3,(H,18,21). The van der Waals surface area contributed by atoms with Gasteiger partial charge in [0.1, 0.15) is 5.01 Å². The molecule has 2 aliphatic heterocycles. The topological polar surface area (TPSA) is 65.5 Å². The van der Waals surface area contributed by atoms with Crippen molar-refractivity contribution in [3.8, 4) is 0 Å². The van der Waals surface area contributed by atoms with E-state index in [2.05, 4.69) is 22.1 Å². The lowest BCUT2D eigenvalue weighted by Crippen LogP contribution is -2.56. The van der Waals surface area contributed by atoms with Gasteiger partial charge in [0.15, 0.2) is 0 Å². The Balaban J connectivity index is 1.56. The van der Waals surface area contributed by atoms with Gasteiger partial charge >= 0.3 is 0 Å². The molecule has 0 aromatic carbocycles. The van der Waals surface area contributed by atoms with Crippen LogP contribution in [-0.4, -0.2) is 59.3 Å². The van der Waals surface area contributed by atoms with E-state index >= 15 is 0 Å². The number of hydrogen-bond donors (Lipinski definition) is 1. The molecule has 1 aromatic rings. The van der Waals surface area contributed by atoms with Crippen LogP contribution in [0.15, 0.2) is 11.6 Å². The van der Waals surface area contributed by atoms with E-state index < -0.39 is 5.41 Å². The van der Waals surface area contributed by atoms with E-state index in [4.69, 9.17) is 0 Å². The van der Waals surface area contributed by atoms with Crippen molar-refractivity contribution in [2.45, 2.75) is 32.7 Å². The van der Waals surface area contributed by atoms with Crippen LogP contribution in [0, 0.1) is 5.41 Å². The third-order valence-corrected chi connectivity index (χ3v) is 6.00. The van der Waals surface area contributed by atoms with Gasteiger partial charge in [-0.2, -0.15) is 0 Å². The highest BCUT2D eigenvalue weighted by molar-refractivity contribution is 7.09. The van der Waals surface area contributed by atoms with Crippen molar-refractivity contribution in [1.82, 2.24) is 20.1 Å². The number of piperidine rings is 1. The zero-order valence-corrected chi connectivity index (χ0v) is 14.6. The van der Waals surface area contributed by atoms with E-state index in [-0.39, 0.29) is 11.8 Å². The molecule has 1 aromatic heterocycles. The Bertz CT molecular complexity index is 557. The lowest BCUT2D eigenvalue weighted by atomic mass is 9.81. The van der Waals surface area contributed by atoms with Crippen LogP contribution < -0.4 is 5.32 Å². The molecule has 3 rings (SSSR count). The van der Waals surface area contributed by atoms with E-state index in [1.54, 1.807) is 11.3 Å². The summed E-state index contributed by atoms with van der Waals surface area (Å²) in [6, 6.07) is 0.303. The molecule has 2 amide bonds. The molecule has 0 aliphatic carbocycles. The predicted molar refractivity (Wildman–Crippen MR) is 89.0 cm³/mol. The Morgan fingerprint density at radius 3 is 2.70 bits per heavy atom. The minimum Gasteiger partial charge on any atom is -0.355 e. The number of nitrogens with zero attached hydrogens (tertiary/aromatic N) is 3. The van der Waals surface area contributed by atoms with Gasteiger partial charge in [0.25, 0.3) is 0 Å². The Labute approximate surface area is 140 Å². The normalized spacial score (nSPS) is 27.6. The van der Waals surface area contributed by atoms with Crippen molar-refractivity contribution in [3.63, 3.8) is 0 Å². The van der Waals surface area contributed by atoms with Crippen LogP contribution in [0.1, 0.15) is 37.7 Å². The van der Waals surface area contributed by atoms with E-state index in [0.29, 0.717) is 25.4 Å². The second kappa shape index (κ2) is 6.57. The maximum Gasteiger partial charge on any atom is 0.230 e. The number of amides is 2. The zero-order valence-electron chi connectivity index (χ0n) is 13.7. The van der Waals surface area contributed by atoms with Crippen LogP contribution >= 0.6 is 11.3 Å². The van der Waals surface area contributed by atoms with Crippen LogP contribution in [0.3, 0.4) is 0 Å². The Morgan fingerprint density at radius 2 is 2.13 bits per heavy atom. The number of hydrogen-bond acceptors (Lipinski definition) is 5. The predicted octanol–water partition coefficient (Wildman–Crippen LogP) is 1.26. The summed E-state index contributed by atoms with van der Waals surface area (Å²) in [6.45, 7) is 7.84. The Hall–Kier alpha value is -1.47. The van der Waals surface area contributed by atoms with Gasteiger partial charge in [-0.25, -0.2) is 4.98 Å². The van der Waals surface area contributed by atoms with Gasteiger partial charge in [0.05, 0.1) is 11.5 Å². The first kappa shape index (κ1) is 16.4.